The Morgan fingerprint density at radius 2 is 1.59 bits per heavy atom. The van der Waals surface area contributed by atoms with Crippen LogP contribution in [0.1, 0.15) is 60.9 Å². The summed E-state index contributed by atoms with van der Waals surface area (Å²) in [6.07, 6.45) is 7.51. The van der Waals surface area contributed by atoms with Crippen molar-refractivity contribution in [3.05, 3.63) is 79.6 Å². The highest BCUT2D eigenvalue weighted by Crippen LogP contribution is 2.38. The van der Waals surface area contributed by atoms with E-state index in [1.165, 1.54) is 0 Å². The van der Waals surface area contributed by atoms with Gasteiger partial charge in [0.1, 0.15) is 14.6 Å². The van der Waals surface area contributed by atoms with E-state index in [0.29, 0.717) is 48.5 Å². The highest BCUT2D eigenvalue weighted by Gasteiger charge is 2.31. The fraction of sp³-hybridized carbons (Fsp3) is 0.455. The van der Waals surface area contributed by atoms with Gasteiger partial charge in [0.25, 0.3) is 15.9 Å². The third-order valence-electron chi connectivity index (χ3n) is 9.07. The van der Waals surface area contributed by atoms with Crippen LogP contribution in [-0.2, 0) is 21.2 Å². The molecule has 2 N–H and O–H groups in total. The van der Waals surface area contributed by atoms with Gasteiger partial charge in [-0.1, -0.05) is 72.8 Å². The third-order valence-corrected chi connectivity index (χ3v) is 14.2. The minimum atomic E-state index is -3.50. The first-order valence-corrected chi connectivity index (χ1v) is 19.4. The van der Waals surface area contributed by atoms with Crippen LogP contribution in [0.25, 0.3) is 0 Å². The van der Waals surface area contributed by atoms with Crippen LogP contribution in [-0.4, -0.2) is 61.9 Å². The largest absolute Gasteiger partial charge is 0.480 e. The summed E-state index contributed by atoms with van der Waals surface area (Å²) in [5.74, 6) is -0.374. The van der Waals surface area contributed by atoms with Crippen LogP contribution in [0, 0.1) is 11.8 Å². The summed E-state index contributed by atoms with van der Waals surface area (Å²) < 4.78 is 29.0. The summed E-state index contributed by atoms with van der Waals surface area (Å²) in [6.45, 7) is 2.86. The monoisotopic (exact) mass is 769 g/mol. The molecule has 5 rings (SSSR count). The number of nitrogens with zero attached hydrogens (tertiary/aromatic N) is 2. The number of hydrogen-bond donors (Lipinski definition) is 2. The van der Waals surface area contributed by atoms with Crippen LogP contribution in [0.15, 0.2) is 63.3 Å². The lowest BCUT2D eigenvalue weighted by Gasteiger charge is -2.35. The van der Waals surface area contributed by atoms with Crippen LogP contribution >= 0.6 is 50.5 Å². The van der Waals surface area contributed by atoms with Crippen molar-refractivity contribution in [1.29, 1.82) is 0 Å². The number of carboxylic acids is 1. The summed E-state index contributed by atoms with van der Waals surface area (Å²) in [4.78, 5) is 26.9. The fourth-order valence-corrected chi connectivity index (χ4v) is 10.6. The number of carbonyl (C=O) groups is 2. The van der Waals surface area contributed by atoms with E-state index in [2.05, 4.69) is 26.1 Å². The Bertz CT molecular complexity index is 1600. The number of hydrogen-bond acceptors (Lipinski definition) is 6. The maximum Gasteiger partial charge on any atom is 0.326 e. The van der Waals surface area contributed by atoms with E-state index in [-0.39, 0.29) is 6.42 Å². The van der Waals surface area contributed by atoms with Crippen molar-refractivity contribution < 1.29 is 23.1 Å². The van der Waals surface area contributed by atoms with Gasteiger partial charge in [-0.25, -0.2) is 13.2 Å². The molecule has 13 heteroatoms. The summed E-state index contributed by atoms with van der Waals surface area (Å²) >= 11 is 17.1. The molecule has 0 saturated carbocycles. The van der Waals surface area contributed by atoms with E-state index >= 15 is 0 Å². The molecule has 0 spiro atoms. The topological polar surface area (TPSA) is 107 Å². The Labute approximate surface area is 293 Å². The molecule has 3 heterocycles. The molecule has 46 heavy (non-hydrogen) atoms. The second-order valence-corrected chi connectivity index (χ2v) is 17.2. The predicted molar refractivity (Wildman–Crippen MR) is 188 cm³/mol. The van der Waals surface area contributed by atoms with Crippen molar-refractivity contribution in [2.75, 3.05) is 31.1 Å². The average Bonchev–Trinajstić information content (AvgIpc) is 3.40. The van der Waals surface area contributed by atoms with E-state index in [9.17, 15) is 23.1 Å². The Balaban J connectivity index is 1.04. The standard InChI is InChI=1S/C33H38BrCl2N3O5S2/c34-26-21-30(45-31(26)36)46(43,44)39-17-13-23(14-18-39)8-4-7-22-11-15-38(16-12-22)29-10-9-25(20-27(29)35)32(40)37-28(33(41)42)19-24-5-2-1-3-6-24/h1-3,5-6,9-10,20-23,28H,4,7-8,11-19H2,(H,37,40)(H,41,42). The van der Waals surface area contributed by atoms with E-state index in [4.69, 9.17) is 23.2 Å². The van der Waals surface area contributed by atoms with Crippen LogP contribution in [0.4, 0.5) is 5.69 Å². The first-order valence-electron chi connectivity index (χ1n) is 15.6. The van der Waals surface area contributed by atoms with Crippen LogP contribution in [0.5, 0.6) is 0 Å². The number of thiophene rings is 1. The van der Waals surface area contributed by atoms with Gasteiger partial charge in [0.2, 0.25) is 0 Å². The Morgan fingerprint density at radius 3 is 2.15 bits per heavy atom. The number of rotatable bonds is 12. The molecule has 2 fully saturated rings. The normalized spacial score (nSPS) is 17.6. The summed E-state index contributed by atoms with van der Waals surface area (Å²) in [6, 6.07) is 14.9. The van der Waals surface area contributed by atoms with Crippen LogP contribution in [0.2, 0.25) is 9.36 Å². The van der Waals surface area contributed by atoms with Gasteiger partial charge in [0, 0.05) is 42.6 Å². The van der Waals surface area contributed by atoms with Gasteiger partial charge in [0.05, 0.1) is 10.7 Å². The van der Waals surface area contributed by atoms with E-state index in [1.807, 2.05) is 36.4 Å². The minimum Gasteiger partial charge on any atom is -0.480 e. The third kappa shape index (κ3) is 8.85. The lowest BCUT2D eigenvalue weighted by molar-refractivity contribution is -0.139. The second kappa shape index (κ2) is 15.8. The molecular formula is C33H38BrCl2N3O5S2. The smallest absolute Gasteiger partial charge is 0.326 e. The molecule has 1 amide bonds. The van der Waals surface area contributed by atoms with Crippen molar-refractivity contribution >= 4 is 78.1 Å². The van der Waals surface area contributed by atoms with Crippen molar-refractivity contribution in [3.8, 4) is 0 Å². The second-order valence-electron chi connectivity index (χ2n) is 12.1. The lowest BCUT2D eigenvalue weighted by Crippen LogP contribution is -2.42. The van der Waals surface area contributed by atoms with Gasteiger partial charge < -0.3 is 15.3 Å². The van der Waals surface area contributed by atoms with Crippen LogP contribution in [0.3, 0.4) is 0 Å². The molecule has 2 saturated heterocycles. The number of benzene rings is 2. The van der Waals surface area contributed by atoms with Gasteiger partial charge >= 0.3 is 5.97 Å². The molecule has 2 aliphatic heterocycles. The molecule has 1 unspecified atom stereocenters. The molecule has 1 atom stereocenters. The van der Waals surface area contributed by atoms with E-state index in [1.54, 1.807) is 22.5 Å². The lowest BCUT2D eigenvalue weighted by atomic mass is 9.87. The number of nitrogens with one attached hydrogen (secondary N) is 1. The molecule has 2 aromatic carbocycles. The van der Waals surface area contributed by atoms with Gasteiger partial charge in [0.15, 0.2) is 0 Å². The predicted octanol–water partition coefficient (Wildman–Crippen LogP) is 7.73. The number of piperidine rings is 2. The molecule has 1 aromatic heterocycles. The van der Waals surface area contributed by atoms with Crippen molar-refractivity contribution in [1.82, 2.24) is 9.62 Å². The maximum atomic E-state index is 13.0. The molecule has 2 aliphatic rings. The number of carboxylic acid groups (broad SMARTS) is 1. The highest BCUT2D eigenvalue weighted by atomic mass is 79.9. The first kappa shape index (κ1) is 35.2. The fourth-order valence-electron chi connectivity index (χ4n) is 6.37. The van der Waals surface area contributed by atoms with Gasteiger partial charge in [-0.05, 0) is 83.3 Å². The van der Waals surface area contributed by atoms with Gasteiger partial charge in [-0.15, -0.1) is 11.3 Å². The van der Waals surface area contributed by atoms with E-state index in [0.717, 1.165) is 80.6 Å². The van der Waals surface area contributed by atoms with Gasteiger partial charge in [-0.2, -0.15) is 4.31 Å². The minimum absolute atomic E-state index is 0.191. The molecule has 0 bridgehead atoms. The molecule has 248 valence electrons. The number of carbonyl (C=O) groups excluding carboxylic acids is 1. The Hall–Kier alpha value is -2.15. The molecular weight excluding hydrogens is 733 g/mol. The summed E-state index contributed by atoms with van der Waals surface area (Å²) in [5.41, 5.74) is 2.04. The van der Waals surface area contributed by atoms with E-state index < -0.39 is 27.9 Å². The zero-order valence-corrected chi connectivity index (χ0v) is 30.1. The zero-order valence-electron chi connectivity index (χ0n) is 25.3. The number of aliphatic carboxylic acids is 1. The number of anilines is 1. The SMILES string of the molecule is O=C(NC(Cc1ccccc1)C(=O)O)c1ccc(N2CCC(CCCC3CCN(S(=O)(=O)c4cc(Br)c(Cl)s4)CC3)CC2)c(Cl)c1. The average molecular weight is 772 g/mol. The van der Waals surface area contributed by atoms with Crippen molar-refractivity contribution in [3.63, 3.8) is 0 Å². The Kier molecular flexibility index (Phi) is 12.1. The number of halogens is 3. The van der Waals surface area contributed by atoms with Gasteiger partial charge in [-0.3, -0.25) is 4.79 Å². The quantitative estimate of drug-likeness (QED) is 0.195. The zero-order chi connectivity index (χ0) is 32.8. The Morgan fingerprint density at radius 1 is 0.957 bits per heavy atom. The molecule has 0 radical (unpaired) electrons. The highest BCUT2D eigenvalue weighted by molar-refractivity contribution is 9.10. The number of sulfonamides is 1. The molecule has 3 aromatic rings. The van der Waals surface area contributed by atoms with Crippen LogP contribution < -0.4 is 10.2 Å². The van der Waals surface area contributed by atoms with Crippen molar-refractivity contribution in [2.45, 2.75) is 61.6 Å². The summed E-state index contributed by atoms with van der Waals surface area (Å²) in [7, 11) is -3.50. The number of amides is 1. The summed E-state index contributed by atoms with van der Waals surface area (Å²) in [5, 5.41) is 12.8. The molecule has 8 nitrogen and oxygen atoms in total. The molecule has 0 aliphatic carbocycles. The van der Waals surface area contributed by atoms with Crippen molar-refractivity contribution in [2.24, 2.45) is 11.8 Å². The maximum absolute atomic E-state index is 13.0. The first-order chi connectivity index (χ1) is 22.0.